The molecular weight excluding hydrogens is 210 g/mol. The van der Waals surface area contributed by atoms with Crippen LogP contribution < -0.4 is 5.73 Å². The van der Waals surface area contributed by atoms with Crippen LogP contribution in [0.5, 0.6) is 0 Å². The lowest BCUT2D eigenvalue weighted by molar-refractivity contribution is 1.29. The van der Waals surface area contributed by atoms with E-state index in [0.29, 0.717) is 5.69 Å². The predicted molar refractivity (Wildman–Crippen MR) is 70.7 cm³/mol. The monoisotopic (exact) mass is 223 g/mol. The number of anilines is 1. The summed E-state index contributed by atoms with van der Waals surface area (Å²) in [5.74, 6) is 0. The van der Waals surface area contributed by atoms with Gasteiger partial charge in [0, 0.05) is 10.9 Å². The van der Waals surface area contributed by atoms with Crippen molar-refractivity contribution >= 4 is 16.6 Å². The first-order chi connectivity index (χ1) is 8.22. The summed E-state index contributed by atoms with van der Waals surface area (Å²) >= 11 is 0. The van der Waals surface area contributed by atoms with Gasteiger partial charge in [0.05, 0.1) is 23.3 Å². The van der Waals surface area contributed by atoms with Gasteiger partial charge in [0.2, 0.25) is 0 Å². The number of nitrogens with zero attached hydrogens (tertiary/aromatic N) is 1. The van der Waals surface area contributed by atoms with E-state index < -0.39 is 0 Å². The number of aromatic amines is 1. The highest BCUT2D eigenvalue weighted by Gasteiger charge is 2.04. The molecule has 2 aromatic heterocycles. The van der Waals surface area contributed by atoms with Crippen LogP contribution in [0.25, 0.3) is 22.3 Å². The molecule has 0 radical (unpaired) electrons. The lowest BCUT2D eigenvalue weighted by atomic mass is 10.2. The summed E-state index contributed by atoms with van der Waals surface area (Å²) in [7, 11) is 0. The average molecular weight is 223 g/mol. The predicted octanol–water partition coefficient (Wildman–Crippen LogP) is 3.12. The fraction of sp³-hybridized carbons (Fsp3) is 0.0714. The van der Waals surface area contributed by atoms with Gasteiger partial charge in [0.15, 0.2) is 0 Å². The lowest BCUT2D eigenvalue weighted by Gasteiger charge is -1.96. The molecule has 0 spiro atoms. The number of nitrogen functional groups attached to an aromatic ring is 1. The molecule has 0 aliphatic rings. The van der Waals surface area contributed by atoms with Crippen LogP contribution in [-0.4, -0.2) is 9.97 Å². The second-order valence-corrected chi connectivity index (χ2v) is 4.25. The number of aromatic nitrogens is 2. The highest BCUT2D eigenvalue weighted by molar-refractivity contribution is 5.85. The van der Waals surface area contributed by atoms with Crippen LogP contribution in [0, 0.1) is 6.92 Å². The molecule has 1 aromatic carbocycles. The molecule has 3 heteroatoms. The van der Waals surface area contributed by atoms with Crippen molar-refractivity contribution in [2.45, 2.75) is 6.92 Å². The van der Waals surface area contributed by atoms with Crippen molar-refractivity contribution in [1.29, 1.82) is 0 Å². The quantitative estimate of drug-likeness (QED) is 0.666. The van der Waals surface area contributed by atoms with Crippen LogP contribution in [0.1, 0.15) is 5.56 Å². The van der Waals surface area contributed by atoms with Gasteiger partial charge >= 0.3 is 0 Å². The summed E-state index contributed by atoms with van der Waals surface area (Å²) in [4.78, 5) is 7.67. The maximum absolute atomic E-state index is 5.63. The zero-order valence-corrected chi connectivity index (χ0v) is 9.57. The Hall–Kier alpha value is -2.29. The Balaban J connectivity index is 2.14. The van der Waals surface area contributed by atoms with Gasteiger partial charge in [0.1, 0.15) is 0 Å². The van der Waals surface area contributed by atoms with Crippen molar-refractivity contribution in [3.63, 3.8) is 0 Å². The SMILES string of the molecule is Cc1ccc2[nH]c(-c3ccc(N)cn3)cc2c1. The molecule has 0 unspecified atom stereocenters. The summed E-state index contributed by atoms with van der Waals surface area (Å²) in [5.41, 5.74) is 10.6. The van der Waals surface area contributed by atoms with E-state index >= 15 is 0 Å². The van der Waals surface area contributed by atoms with Crippen molar-refractivity contribution in [3.05, 3.63) is 48.2 Å². The van der Waals surface area contributed by atoms with E-state index in [2.05, 4.69) is 41.2 Å². The van der Waals surface area contributed by atoms with Gasteiger partial charge < -0.3 is 10.7 Å². The molecule has 0 amide bonds. The Labute approximate surface area is 99.3 Å². The van der Waals surface area contributed by atoms with Crippen molar-refractivity contribution < 1.29 is 0 Å². The zero-order valence-electron chi connectivity index (χ0n) is 9.57. The first-order valence-corrected chi connectivity index (χ1v) is 5.54. The number of H-pyrrole nitrogens is 1. The summed E-state index contributed by atoms with van der Waals surface area (Å²) in [6.45, 7) is 2.09. The molecule has 0 aliphatic carbocycles. The van der Waals surface area contributed by atoms with Crippen molar-refractivity contribution in [2.75, 3.05) is 5.73 Å². The van der Waals surface area contributed by atoms with E-state index in [9.17, 15) is 0 Å². The van der Waals surface area contributed by atoms with Gasteiger partial charge in [-0.2, -0.15) is 0 Å². The number of nitrogens with one attached hydrogen (secondary N) is 1. The molecule has 3 rings (SSSR count). The maximum atomic E-state index is 5.63. The largest absolute Gasteiger partial charge is 0.397 e. The van der Waals surface area contributed by atoms with Crippen molar-refractivity contribution in [2.24, 2.45) is 0 Å². The number of pyridine rings is 1. The number of fused-ring (bicyclic) bond motifs is 1. The number of hydrogen-bond acceptors (Lipinski definition) is 2. The van der Waals surface area contributed by atoms with Crippen molar-refractivity contribution in [1.82, 2.24) is 9.97 Å². The van der Waals surface area contributed by atoms with E-state index in [1.54, 1.807) is 6.20 Å². The van der Waals surface area contributed by atoms with Crippen LogP contribution in [0.4, 0.5) is 5.69 Å². The molecule has 17 heavy (non-hydrogen) atoms. The summed E-state index contributed by atoms with van der Waals surface area (Å²) < 4.78 is 0. The highest BCUT2D eigenvalue weighted by atomic mass is 14.8. The number of rotatable bonds is 1. The zero-order chi connectivity index (χ0) is 11.8. The third-order valence-corrected chi connectivity index (χ3v) is 2.84. The Morgan fingerprint density at radius 1 is 1.12 bits per heavy atom. The van der Waals surface area contributed by atoms with Crippen molar-refractivity contribution in [3.8, 4) is 11.4 Å². The fourth-order valence-corrected chi connectivity index (χ4v) is 1.95. The van der Waals surface area contributed by atoms with Gasteiger partial charge in [-0.15, -0.1) is 0 Å². The van der Waals surface area contributed by atoms with Crippen LogP contribution in [0.3, 0.4) is 0 Å². The van der Waals surface area contributed by atoms with E-state index in [4.69, 9.17) is 5.73 Å². The smallest absolute Gasteiger partial charge is 0.0866 e. The van der Waals surface area contributed by atoms with E-state index in [1.807, 2.05) is 12.1 Å². The molecule has 3 aromatic rings. The topological polar surface area (TPSA) is 54.7 Å². The van der Waals surface area contributed by atoms with Crippen LogP contribution in [0.15, 0.2) is 42.6 Å². The molecule has 3 N–H and O–H groups in total. The van der Waals surface area contributed by atoms with Crippen LogP contribution in [-0.2, 0) is 0 Å². The second-order valence-electron chi connectivity index (χ2n) is 4.25. The highest BCUT2D eigenvalue weighted by Crippen LogP contribution is 2.23. The van der Waals surface area contributed by atoms with E-state index in [-0.39, 0.29) is 0 Å². The molecular formula is C14H13N3. The molecule has 0 aliphatic heterocycles. The Morgan fingerprint density at radius 3 is 2.76 bits per heavy atom. The van der Waals surface area contributed by atoms with Crippen LogP contribution in [0.2, 0.25) is 0 Å². The van der Waals surface area contributed by atoms with Gasteiger partial charge in [-0.1, -0.05) is 11.6 Å². The first-order valence-electron chi connectivity index (χ1n) is 5.54. The van der Waals surface area contributed by atoms with Gasteiger partial charge in [-0.05, 0) is 37.3 Å². The summed E-state index contributed by atoms with van der Waals surface area (Å²) in [5, 5.41) is 1.21. The Bertz CT molecular complexity index is 666. The minimum Gasteiger partial charge on any atom is -0.397 e. The fourth-order valence-electron chi connectivity index (χ4n) is 1.95. The molecule has 0 fully saturated rings. The normalized spacial score (nSPS) is 10.9. The number of nitrogens with two attached hydrogens (primary N) is 1. The Kier molecular flexibility index (Phi) is 2.11. The maximum Gasteiger partial charge on any atom is 0.0866 e. The average Bonchev–Trinajstić information content (AvgIpc) is 2.72. The Morgan fingerprint density at radius 2 is 2.00 bits per heavy atom. The van der Waals surface area contributed by atoms with Gasteiger partial charge in [0.25, 0.3) is 0 Å². The lowest BCUT2D eigenvalue weighted by Crippen LogP contribution is -1.87. The minimum atomic E-state index is 0.681. The third-order valence-electron chi connectivity index (χ3n) is 2.84. The molecule has 0 atom stereocenters. The molecule has 3 nitrogen and oxygen atoms in total. The molecule has 0 saturated carbocycles. The summed E-state index contributed by atoms with van der Waals surface area (Å²) in [6.07, 6.45) is 1.67. The number of benzene rings is 1. The molecule has 0 bridgehead atoms. The first kappa shape index (κ1) is 9.90. The molecule has 0 saturated heterocycles. The third kappa shape index (κ3) is 1.76. The minimum absolute atomic E-state index is 0.681. The standard InChI is InChI=1S/C14H13N3/c1-9-2-4-12-10(6-9)7-14(17-12)13-5-3-11(15)8-16-13/h2-8,17H,15H2,1H3. The number of aryl methyl sites for hydroxylation is 1. The molecule has 2 heterocycles. The van der Waals surface area contributed by atoms with E-state index in [1.165, 1.54) is 10.9 Å². The van der Waals surface area contributed by atoms with Crippen LogP contribution >= 0.6 is 0 Å². The summed E-state index contributed by atoms with van der Waals surface area (Å²) in [6, 6.07) is 12.2. The van der Waals surface area contributed by atoms with E-state index in [0.717, 1.165) is 16.9 Å². The molecule has 84 valence electrons. The van der Waals surface area contributed by atoms with Gasteiger partial charge in [-0.25, -0.2) is 0 Å². The second kappa shape index (κ2) is 3.63. The van der Waals surface area contributed by atoms with Gasteiger partial charge in [-0.3, -0.25) is 4.98 Å². The number of hydrogen-bond donors (Lipinski definition) is 2.